The number of hydrogen-bond acceptors (Lipinski definition) is 13. The van der Waals surface area contributed by atoms with Crippen molar-refractivity contribution in [2.24, 2.45) is 0 Å². The molecule has 2 saturated heterocycles. The van der Waals surface area contributed by atoms with Gasteiger partial charge >= 0.3 is 11.9 Å². The largest absolute Gasteiger partial charge is 0.504 e. The van der Waals surface area contributed by atoms with Crippen LogP contribution in [-0.4, -0.2) is 89.8 Å². The van der Waals surface area contributed by atoms with Crippen molar-refractivity contribution in [3.8, 4) is 34.8 Å². The van der Waals surface area contributed by atoms with E-state index in [9.17, 15) is 20.0 Å². The second-order valence-electron chi connectivity index (χ2n) is 15.4. The highest BCUT2D eigenvalue weighted by atomic mass is 32.2. The first-order chi connectivity index (χ1) is 26.6. The zero-order valence-corrected chi connectivity index (χ0v) is 32.0. The van der Waals surface area contributed by atoms with E-state index >= 15 is 0 Å². The maximum atomic E-state index is 14.8. The quantitative estimate of drug-likeness (QED) is 0.190. The van der Waals surface area contributed by atoms with Crippen molar-refractivity contribution >= 4 is 34.6 Å². The minimum atomic E-state index is -1.24. The van der Waals surface area contributed by atoms with Crippen LogP contribution in [0.15, 0.2) is 30.3 Å². The lowest BCUT2D eigenvalue weighted by Crippen LogP contribution is -2.69. The molecule has 7 aliphatic heterocycles. The fraction of sp³-hybridized carbons (Fsp3) is 0.439. The highest BCUT2D eigenvalue weighted by Crippen LogP contribution is 2.64. The molecule has 55 heavy (non-hydrogen) atoms. The molecule has 284 valence electrons. The highest BCUT2D eigenvalue weighted by Gasteiger charge is 2.62. The summed E-state index contributed by atoms with van der Waals surface area (Å²) in [6.45, 7) is 5.56. The number of ether oxygens (including phenoxy) is 5. The number of aromatic amines is 1. The Balaban J connectivity index is 1.25. The molecule has 7 aliphatic rings. The van der Waals surface area contributed by atoms with E-state index in [1.807, 2.05) is 39.1 Å². The summed E-state index contributed by atoms with van der Waals surface area (Å²) < 4.78 is 30.7. The van der Waals surface area contributed by atoms with Gasteiger partial charge in [0.2, 0.25) is 6.79 Å². The minimum Gasteiger partial charge on any atom is -0.504 e. The van der Waals surface area contributed by atoms with Crippen molar-refractivity contribution in [2.75, 3.05) is 39.9 Å². The fourth-order valence-corrected chi connectivity index (χ4v) is 12.3. The van der Waals surface area contributed by atoms with Crippen molar-refractivity contribution in [1.82, 2.24) is 20.1 Å². The minimum absolute atomic E-state index is 0.0356. The van der Waals surface area contributed by atoms with E-state index in [4.69, 9.17) is 23.7 Å². The summed E-state index contributed by atoms with van der Waals surface area (Å²) in [5.41, 5.74) is 6.13. The number of thioether (sulfide) groups is 1. The first-order valence-electron chi connectivity index (χ1n) is 18.7. The predicted octanol–water partition coefficient (Wildman–Crippen LogP) is 4.75. The number of carbonyl (C=O) groups is 2. The van der Waals surface area contributed by atoms with Gasteiger partial charge in [-0.15, -0.1) is 11.8 Å². The van der Waals surface area contributed by atoms with E-state index in [0.29, 0.717) is 47.1 Å². The Morgan fingerprint density at radius 3 is 2.71 bits per heavy atom. The standard InChI is InChI=1S/C41H41N5O8S/c1-18-12-21-13-25-26(14-42)46-27-15-51-40(49)41(39-23(10-11-43-41)22-8-6-7-9-24(22)44-39)16-55-38(32(46)31(45(25)4)28(21)33(48)34(18)50-5)30-29(27)37-36(52-17-53-37)19(2)35(30)54-20(3)47/h6-9,12,25-27,31-32,38,43-44,48H,10-11,13,15-17H2,1-5H3/t25?,26-,27+,31?,32?,38+,41+/m0/s1. The molecule has 11 rings (SSSR count). The third kappa shape index (κ3) is 4.58. The lowest BCUT2D eigenvalue weighted by atomic mass is 9.71. The van der Waals surface area contributed by atoms with E-state index < -0.39 is 46.9 Å². The highest BCUT2D eigenvalue weighted by molar-refractivity contribution is 7.99. The van der Waals surface area contributed by atoms with Gasteiger partial charge in [-0.3, -0.25) is 19.9 Å². The Kier molecular flexibility index (Phi) is 7.71. The molecule has 0 aliphatic carbocycles. The van der Waals surface area contributed by atoms with Gasteiger partial charge in [-0.1, -0.05) is 24.3 Å². The lowest BCUT2D eigenvalue weighted by molar-refractivity contribution is -0.157. The Morgan fingerprint density at radius 1 is 1.13 bits per heavy atom. The molecule has 1 spiro atoms. The number of methoxy groups -OCH3 is 1. The van der Waals surface area contributed by atoms with Crippen molar-refractivity contribution in [2.45, 2.75) is 74.6 Å². The SMILES string of the molecule is COc1c(C)cc2c(c1O)C1C3[C@@H]4SC[C@]5(NCCc6c5[nH]c5ccccc65)C(=O)OC[C@H](c5c6c(c(C)c(OC(C)=O)c54)OCO6)N3[C@@H](C#N)C(C2)N1C. The number of aryl methyl sites for hydroxylation is 1. The van der Waals surface area contributed by atoms with Crippen molar-refractivity contribution in [3.05, 3.63) is 75.0 Å². The number of piperazine rings is 1. The maximum absolute atomic E-state index is 14.8. The summed E-state index contributed by atoms with van der Waals surface area (Å²) in [6.07, 6.45) is 1.25. The molecule has 0 amide bonds. The van der Waals surface area contributed by atoms with Crippen molar-refractivity contribution in [1.29, 1.82) is 5.26 Å². The van der Waals surface area contributed by atoms with E-state index in [1.165, 1.54) is 6.92 Å². The number of benzene rings is 3. The number of H-pyrrole nitrogens is 1. The molecule has 7 atom stereocenters. The van der Waals surface area contributed by atoms with Crippen LogP contribution >= 0.6 is 11.8 Å². The number of likely N-dealkylation sites (N-methyl/N-ethyl adjacent to an activating group) is 1. The van der Waals surface area contributed by atoms with Crippen LogP contribution in [0, 0.1) is 25.2 Å². The van der Waals surface area contributed by atoms with Crippen LogP contribution in [0.1, 0.15) is 68.9 Å². The van der Waals surface area contributed by atoms with Gasteiger partial charge in [0.05, 0.1) is 36.2 Å². The summed E-state index contributed by atoms with van der Waals surface area (Å²) in [5.74, 6) is 1.15. The number of aromatic hydroxyl groups is 1. The number of nitrogens with zero attached hydrogens (tertiary/aromatic N) is 3. The van der Waals surface area contributed by atoms with Gasteiger partial charge in [0.15, 0.2) is 28.5 Å². The zero-order valence-electron chi connectivity index (χ0n) is 31.1. The molecule has 3 aromatic carbocycles. The van der Waals surface area contributed by atoms with Gasteiger partial charge in [-0.25, -0.2) is 4.79 Å². The van der Waals surface area contributed by atoms with Crippen LogP contribution in [0.25, 0.3) is 10.9 Å². The van der Waals surface area contributed by atoms with Crippen LogP contribution in [0.3, 0.4) is 0 Å². The topological polar surface area (TPSA) is 159 Å². The molecule has 4 bridgehead atoms. The lowest BCUT2D eigenvalue weighted by Gasteiger charge is -2.62. The number of para-hydroxylation sites is 1. The second-order valence-corrected chi connectivity index (χ2v) is 16.6. The first-order valence-corrected chi connectivity index (χ1v) is 19.7. The summed E-state index contributed by atoms with van der Waals surface area (Å²) in [5, 5.41) is 27.4. The van der Waals surface area contributed by atoms with E-state index in [1.54, 1.807) is 18.9 Å². The third-order valence-corrected chi connectivity index (χ3v) is 14.3. The van der Waals surface area contributed by atoms with Gasteiger partial charge in [-0.2, -0.15) is 5.26 Å². The Morgan fingerprint density at radius 2 is 1.93 bits per heavy atom. The zero-order chi connectivity index (χ0) is 38.1. The average molecular weight is 764 g/mol. The Bertz CT molecular complexity index is 2390. The Labute approximate surface area is 321 Å². The van der Waals surface area contributed by atoms with Gasteiger partial charge in [-0.05, 0) is 56.5 Å². The molecule has 1 aromatic heterocycles. The van der Waals surface area contributed by atoms with E-state index in [-0.39, 0.29) is 30.9 Å². The number of esters is 2. The van der Waals surface area contributed by atoms with Crippen molar-refractivity contribution in [3.63, 3.8) is 0 Å². The summed E-state index contributed by atoms with van der Waals surface area (Å²) >= 11 is 1.56. The molecule has 0 radical (unpaired) electrons. The van der Waals surface area contributed by atoms with Gasteiger partial charge < -0.3 is 33.8 Å². The number of carbonyl (C=O) groups excluding carboxylic acids is 2. The second kappa shape index (κ2) is 12.3. The summed E-state index contributed by atoms with van der Waals surface area (Å²) in [4.78, 5) is 35.8. The summed E-state index contributed by atoms with van der Waals surface area (Å²) in [7, 11) is 3.57. The molecule has 4 aromatic rings. The maximum Gasteiger partial charge on any atom is 0.333 e. The number of rotatable bonds is 2. The van der Waals surface area contributed by atoms with Gasteiger partial charge in [0.1, 0.15) is 18.4 Å². The number of nitriles is 1. The molecule has 3 unspecified atom stereocenters. The average Bonchev–Trinajstić information content (AvgIpc) is 3.81. The molecule has 14 heteroatoms. The van der Waals surface area contributed by atoms with Crippen LogP contribution in [0.5, 0.6) is 28.7 Å². The van der Waals surface area contributed by atoms with Crippen LogP contribution in [-0.2, 0) is 32.7 Å². The van der Waals surface area contributed by atoms with E-state index in [2.05, 4.69) is 38.3 Å². The number of phenolic OH excluding ortho intramolecular Hbond substituents is 1. The van der Waals surface area contributed by atoms with Crippen LogP contribution in [0.4, 0.5) is 0 Å². The fourth-order valence-electron chi connectivity index (χ4n) is 10.6. The molecule has 3 N–H and O–H groups in total. The first kappa shape index (κ1) is 34.5. The smallest absolute Gasteiger partial charge is 0.333 e. The normalized spacial score (nSPS) is 29.1. The monoisotopic (exact) mass is 763 g/mol. The van der Waals surface area contributed by atoms with Crippen LogP contribution < -0.4 is 24.3 Å². The van der Waals surface area contributed by atoms with Crippen LogP contribution in [0.2, 0.25) is 0 Å². The molecular weight excluding hydrogens is 723 g/mol. The van der Waals surface area contributed by atoms with E-state index in [0.717, 1.165) is 50.8 Å². The molecule has 13 nitrogen and oxygen atoms in total. The number of phenols is 1. The predicted molar refractivity (Wildman–Crippen MR) is 202 cm³/mol. The molecule has 2 fully saturated rings. The van der Waals surface area contributed by atoms with Crippen molar-refractivity contribution < 1.29 is 38.4 Å². The number of aromatic nitrogens is 1. The summed E-state index contributed by atoms with van der Waals surface area (Å²) in [6, 6.07) is 10.3. The number of hydrogen-bond donors (Lipinski definition) is 3. The molecule has 8 heterocycles. The third-order valence-electron chi connectivity index (χ3n) is 12.8. The molecule has 0 saturated carbocycles. The Hall–Kier alpha value is -4.94. The van der Waals surface area contributed by atoms with Gasteiger partial charge in [0, 0.05) is 64.5 Å². The van der Waals surface area contributed by atoms with Gasteiger partial charge in [0.25, 0.3) is 0 Å². The number of nitrogens with one attached hydrogen (secondary N) is 2. The number of fused-ring (bicyclic) bond motifs is 11. The molecular formula is C41H41N5O8S.